The molecule has 0 unspecified atom stereocenters. The summed E-state index contributed by atoms with van der Waals surface area (Å²) in [5.74, 6) is 0. The first kappa shape index (κ1) is 33.2. The van der Waals surface area contributed by atoms with Crippen molar-refractivity contribution >= 4 is 49.8 Å². The lowest BCUT2D eigenvalue weighted by molar-refractivity contribution is 0.660. The Morgan fingerprint density at radius 1 is 0.404 bits per heavy atom. The molecule has 0 aliphatic heterocycles. The zero-order valence-corrected chi connectivity index (χ0v) is 31.9. The van der Waals surface area contributed by atoms with E-state index in [1.807, 2.05) is 6.07 Å². The van der Waals surface area contributed by atoms with Gasteiger partial charge in [-0.3, -0.25) is 0 Å². The Balaban J connectivity index is 1.15. The van der Waals surface area contributed by atoms with E-state index in [1.165, 1.54) is 55.3 Å². The monoisotopic (exact) mass is 729 g/mol. The van der Waals surface area contributed by atoms with Crippen LogP contribution in [0.2, 0.25) is 0 Å². The molecule has 0 radical (unpaired) electrons. The van der Waals surface area contributed by atoms with E-state index in [-0.39, 0.29) is 5.41 Å². The van der Waals surface area contributed by atoms with Crippen LogP contribution in [0.4, 0.5) is 17.1 Å². The van der Waals surface area contributed by atoms with Gasteiger partial charge in [-0.2, -0.15) is 0 Å². The highest BCUT2D eigenvalue weighted by Gasteiger charge is 2.37. The van der Waals surface area contributed by atoms with Crippen LogP contribution in [0.25, 0.3) is 77.2 Å². The van der Waals surface area contributed by atoms with E-state index in [9.17, 15) is 0 Å². The Labute approximate surface area is 332 Å². The molecule has 0 saturated heterocycles. The Bertz CT molecular complexity index is 3180. The number of fused-ring (bicyclic) bond motifs is 7. The van der Waals surface area contributed by atoms with Crippen molar-refractivity contribution in [3.8, 4) is 44.5 Å². The lowest BCUT2D eigenvalue weighted by atomic mass is 9.82. The maximum Gasteiger partial charge on any atom is 0.143 e. The van der Waals surface area contributed by atoms with E-state index >= 15 is 0 Å². The third-order valence-electron chi connectivity index (χ3n) is 12.1. The van der Waals surface area contributed by atoms with Crippen molar-refractivity contribution in [2.24, 2.45) is 0 Å². The Hall–Kier alpha value is -7.16. The molecule has 0 atom stereocenters. The van der Waals surface area contributed by atoms with Gasteiger partial charge in [0.15, 0.2) is 0 Å². The van der Waals surface area contributed by atoms with Gasteiger partial charge in [-0.05, 0) is 91.7 Å². The van der Waals surface area contributed by atoms with Crippen molar-refractivity contribution in [2.75, 3.05) is 4.90 Å². The average molecular weight is 730 g/mol. The fourth-order valence-electron chi connectivity index (χ4n) is 9.38. The van der Waals surface area contributed by atoms with Gasteiger partial charge >= 0.3 is 0 Å². The van der Waals surface area contributed by atoms with Gasteiger partial charge in [0, 0.05) is 38.7 Å². The lowest BCUT2D eigenvalue weighted by Gasteiger charge is -2.29. The van der Waals surface area contributed by atoms with Crippen molar-refractivity contribution in [1.29, 1.82) is 0 Å². The molecule has 1 aromatic heterocycles. The minimum absolute atomic E-state index is 0.102. The number of hydrogen-bond acceptors (Lipinski definition) is 2. The van der Waals surface area contributed by atoms with Crippen molar-refractivity contribution in [2.45, 2.75) is 19.3 Å². The van der Waals surface area contributed by atoms with E-state index in [0.717, 1.165) is 50.1 Å². The molecule has 0 N–H and O–H groups in total. The number of rotatable bonds is 6. The van der Waals surface area contributed by atoms with Crippen LogP contribution in [0, 0.1) is 0 Å². The first-order valence-corrected chi connectivity index (χ1v) is 19.8. The molecule has 9 aromatic carbocycles. The highest BCUT2D eigenvalue weighted by atomic mass is 16.3. The quantitative estimate of drug-likeness (QED) is 0.169. The molecular weight excluding hydrogens is 691 g/mol. The van der Waals surface area contributed by atoms with Crippen molar-refractivity contribution in [3.05, 3.63) is 211 Å². The standard InChI is InChI=1S/C55H39NO/c1-55(2)49-30-8-5-25-48(49)53-46(28-15-31-50(53)55)44-23-6-9-32-51(44)56(39-20-11-18-37(34-39)42-26-13-17-36-16-3-4-22-41(36)42)40-21-12-19-38(35-40)43-27-14-29-47-45-24-7-10-33-52(45)57-54(43)47/h3-35H,1-2H3. The Morgan fingerprint density at radius 2 is 0.947 bits per heavy atom. The fourth-order valence-corrected chi connectivity index (χ4v) is 9.38. The van der Waals surface area contributed by atoms with Crippen LogP contribution in [-0.4, -0.2) is 0 Å². The molecule has 0 fully saturated rings. The summed E-state index contributed by atoms with van der Waals surface area (Å²) >= 11 is 0. The van der Waals surface area contributed by atoms with Gasteiger partial charge in [-0.15, -0.1) is 0 Å². The summed E-state index contributed by atoms with van der Waals surface area (Å²) in [5.41, 5.74) is 17.3. The van der Waals surface area contributed by atoms with Crippen molar-refractivity contribution < 1.29 is 4.42 Å². The van der Waals surface area contributed by atoms with Crippen molar-refractivity contribution in [3.63, 3.8) is 0 Å². The number of hydrogen-bond donors (Lipinski definition) is 0. The van der Waals surface area contributed by atoms with Crippen LogP contribution in [0.3, 0.4) is 0 Å². The van der Waals surface area contributed by atoms with Crippen LogP contribution < -0.4 is 4.90 Å². The van der Waals surface area contributed by atoms with E-state index in [4.69, 9.17) is 4.42 Å². The molecule has 0 bridgehead atoms. The third-order valence-corrected chi connectivity index (χ3v) is 12.1. The minimum Gasteiger partial charge on any atom is -0.455 e. The van der Waals surface area contributed by atoms with Gasteiger partial charge in [-0.25, -0.2) is 0 Å². The average Bonchev–Trinajstić information content (AvgIpc) is 3.76. The molecule has 2 heteroatoms. The largest absolute Gasteiger partial charge is 0.455 e. The molecule has 0 spiro atoms. The second-order valence-corrected chi connectivity index (χ2v) is 15.7. The van der Waals surface area contributed by atoms with Crippen molar-refractivity contribution in [1.82, 2.24) is 0 Å². The minimum atomic E-state index is -0.102. The lowest BCUT2D eigenvalue weighted by Crippen LogP contribution is -2.15. The maximum absolute atomic E-state index is 6.56. The second kappa shape index (κ2) is 13.0. The predicted molar refractivity (Wildman–Crippen MR) is 240 cm³/mol. The van der Waals surface area contributed by atoms with Crippen LogP contribution >= 0.6 is 0 Å². The SMILES string of the molecule is CC1(C)c2ccccc2-c2c(-c3ccccc3N(c3cccc(-c4cccc5ccccc45)c3)c3cccc(-c4cccc5c4oc4ccccc45)c3)cccc21. The van der Waals surface area contributed by atoms with Gasteiger partial charge < -0.3 is 9.32 Å². The first-order valence-electron chi connectivity index (χ1n) is 19.8. The van der Waals surface area contributed by atoms with E-state index in [0.29, 0.717) is 0 Å². The molecule has 270 valence electrons. The number of para-hydroxylation sites is 3. The molecule has 1 aliphatic carbocycles. The van der Waals surface area contributed by atoms with Crippen LogP contribution in [-0.2, 0) is 5.41 Å². The number of benzene rings is 9. The van der Waals surface area contributed by atoms with Crippen LogP contribution in [0.15, 0.2) is 205 Å². The number of nitrogens with zero attached hydrogens (tertiary/aromatic N) is 1. The molecule has 57 heavy (non-hydrogen) atoms. The zero-order chi connectivity index (χ0) is 38.1. The predicted octanol–water partition coefficient (Wildman–Crippen LogP) is 15.5. The number of furan rings is 1. The summed E-state index contributed by atoms with van der Waals surface area (Å²) in [6.07, 6.45) is 0. The summed E-state index contributed by atoms with van der Waals surface area (Å²) in [6, 6.07) is 72.7. The summed E-state index contributed by atoms with van der Waals surface area (Å²) in [4.78, 5) is 2.44. The van der Waals surface area contributed by atoms with Crippen LogP contribution in [0.1, 0.15) is 25.0 Å². The maximum atomic E-state index is 6.56. The summed E-state index contributed by atoms with van der Waals surface area (Å²) in [7, 11) is 0. The second-order valence-electron chi connectivity index (χ2n) is 15.7. The Kier molecular flexibility index (Phi) is 7.55. The van der Waals surface area contributed by atoms with Gasteiger partial charge in [0.1, 0.15) is 11.2 Å². The topological polar surface area (TPSA) is 16.4 Å². The molecule has 0 amide bonds. The molecule has 1 heterocycles. The van der Waals surface area contributed by atoms with Gasteiger partial charge in [-0.1, -0.05) is 178 Å². The Morgan fingerprint density at radius 3 is 1.79 bits per heavy atom. The first-order chi connectivity index (χ1) is 28.0. The van der Waals surface area contributed by atoms with Crippen LogP contribution in [0.5, 0.6) is 0 Å². The van der Waals surface area contributed by atoms with Gasteiger partial charge in [0.05, 0.1) is 5.69 Å². The molecule has 1 aliphatic rings. The van der Waals surface area contributed by atoms with E-state index in [2.05, 4.69) is 213 Å². The van der Waals surface area contributed by atoms with E-state index in [1.54, 1.807) is 0 Å². The summed E-state index contributed by atoms with van der Waals surface area (Å²) in [6.45, 7) is 4.71. The normalized spacial score (nSPS) is 12.9. The molecule has 10 aromatic rings. The summed E-state index contributed by atoms with van der Waals surface area (Å²) in [5, 5.41) is 4.73. The zero-order valence-electron chi connectivity index (χ0n) is 31.9. The smallest absolute Gasteiger partial charge is 0.143 e. The third kappa shape index (κ3) is 5.25. The van der Waals surface area contributed by atoms with E-state index < -0.39 is 0 Å². The molecular formula is C55H39NO. The molecule has 11 rings (SSSR count). The highest BCUT2D eigenvalue weighted by Crippen LogP contribution is 2.54. The summed E-state index contributed by atoms with van der Waals surface area (Å²) < 4.78 is 6.56. The number of anilines is 3. The fraction of sp³-hybridized carbons (Fsp3) is 0.0545. The highest BCUT2D eigenvalue weighted by molar-refractivity contribution is 6.10. The van der Waals surface area contributed by atoms with Gasteiger partial charge in [0.2, 0.25) is 0 Å². The molecule has 0 saturated carbocycles. The molecule has 2 nitrogen and oxygen atoms in total. The van der Waals surface area contributed by atoms with Gasteiger partial charge in [0.25, 0.3) is 0 Å².